The van der Waals surface area contributed by atoms with E-state index < -0.39 is 5.60 Å². The minimum atomic E-state index is -0.658. The fourth-order valence-corrected chi connectivity index (χ4v) is 3.80. The van der Waals surface area contributed by atoms with E-state index in [2.05, 4.69) is 0 Å². The zero-order valence-electron chi connectivity index (χ0n) is 14.4. The number of amides is 1. The number of likely N-dealkylation sites (tertiary alicyclic amines) is 1. The number of halogens is 2. The average molecular weight is 370 g/mol. The number of hydrogen-bond acceptors (Lipinski definition) is 4. The van der Waals surface area contributed by atoms with E-state index in [1.165, 1.54) is 19.3 Å². The van der Waals surface area contributed by atoms with Crippen LogP contribution in [0.3, 0.4) is 0 Å². The molecule has 7 heteroatoms. The van der Waals surface area contributed by atoms with E-state index in [0.717, 1.165) is 12.8 Å². The highest BCUT2D eigenvalue weighted by Crippen LogP contribution is 2.28. The van der Waals surface area contributed by atoms with E-state index in [-0.39, 0.29) is 36.8 Å². The predicted molar refractivity (Wildman–Crippen MR) is 98.4 cm³/mol. The topological polar surface area (TPSA) is 69.8 Å². The summed E-state index contributed by atoms with van der Waals surface area (Å²) in [6.07, 6.45) is 7.15. The van der Waals surface area contributed by atoms with Gasteiger partial charge in [-0.25, -0.2) is 0 Å². The molecule has 2 rings (SSSR count). The molecule has 0 aromatic rings. The predicted octanol–water partition coefficient (Wildman–Crippen LogP) is 1.65. The Bertz CT molecular complexity index is 355. The van der Waals surface area contributed by atoms with Crippen LogP contribution in [0.15, 0.2) is 0 Å². The Balaban J connectivity index is 0.00000242. The molecule has 3 N–H and O–H groups in total. The van der Waals surface area contributed by atoms with Gasteiger partial charge >= 0.3 is 0 Å². The Hall–Kier alpha value is -0.0700. The summed E-state index contributed by atoms with van der Waals surface area (Å²) in [6.45, 7) is 1.91. The third-order valence-corrected chi connectivity index (χ3v) is 5.06. The number of rotatable bonds is 4. The Kier molecular flexibility index (Phi) is 10.0. The van der Waals surface area contributed by atoms with Crippen molar-refractivity contribution in [2.45, 2.75) is 56.6 Å². The molecule has 2 aliphatic rings. The van der Waals surface area contributed by atoms with Crippen molar-refractivity contribution in [3.05, 3.63) is 0 Å². The van der Waals surface area contributed by atoms with E-state index in [1.807, 2.05) is 23.9 Å². The van der Waals surface area contributed by atoms with E-state index in [0.29, 0.717) is 38.4 Å². The molecule has 0 radical (unpaired) electrons. The number of hydrogen-bond donors (Lipinski definition) is 2. The lowest BCUT2D eigenvalue weighted by atomic mass is 9.83. The van der Waals surface area contributed by atoms with Gasteiger partial charge in [-0.05, 0) is 45.7 Å². The molecular weight excluding hydrogens is 337 g/mol. The Morgan fingerprint density at radius 3 is 2.22 bits per heavy atom. The van der Waals surface area contributed by atoms with Crippen LogP contribution in [-0.2, 0) is 4.79 Å². The van der Waals surface area contributed by atoms with Crippen LogP contribution in [0.4, 0.5) is 0 Å². The second kappa shape index (κ2) is 10.0. The summed E-state index contributed by atoms with van der Waals surface area (Å²) in [4.78, 5) is 16.4. The molecule has 0 bridgehead atoms. The maximum absolute atomic E-state index is 12.5. The lowest BCUT2D eigenvalue weighted by molar-refractivity contribution is -0.138. The molecular formula is C16H33Cl2N3O2. The normalized spacial score (nSPS) is 22.9. The van der Waals surface area contributed by atoms with E-state index >= 15 is 0 Å². The fourth-order valence-electron chi connectivity index (χ4n) is 3.80. The van der Waals surface area contributed by atoms with Crippen molar-refractivity contribution in [3.63, 3.8) is 0 Å². The molecule has 1 saturated carbocycles. The van der Waals surface area contributed by atoms with Crippen molar-refractivity contribution in [1.29, 1.82) is 0 Å². The van der Waals surface area contributed by atoms with Gasteiger partial charge in [0.1, 0.15) is 0 Å². The molecule has 0 aromatic carbocycles. The molecule has 5 nitrogen and oxygen atoms in total. The number of aliphatic hydroxyl groups is 1. The highest BCUT2D eigenvalue weighted by atomic mass is 35.5. The van der Waals surface area contributed by atoms with Gasteiger partial charge in [0.25, 0.3) is 0 Å². The van der Waals surface area contributed by atoms with Crippen molar-refractivity contribution in [1.82, 2.24) is 9.80 Å². The summed E-state index contributed by atoms with van der Waals surface area (Å²) in [7, 11) is 3.93. The second-order valence-corrected chi connectivity index (χ2v) is 7.21. The summed E-state index contributed by atoms with van der Waals surface area (Å²) in [5.74, 6) is 0.447. The molecule has 138 valence electrons. The van der Waals surface area contributed by atoms with Crippen LogP contribution >= 0.6 is 24.8 Å². The monoisotopic (exact) mass is 369 g/mol. The molecule has 1 heterocycles. The maximum Gasteiger partial charge on any atom is 0.239 e. The van der Waals surface area contributed by atoms with E-state index in [1.54, 1.807) is 0 Å². The van der Waals surface area contributed by atoms with Crippen molar-refractivity contribution < 1.29 is 9.90 Å². The SMILES string of the molecule is CN(C)CC1(O)CCN(C(=O)[C@@H](N)C2CCCCC2)CC1.Cl.Cl. The van der Waals surface area contributed by atoms with Gasteiger partial charge in [-0.1, -0.05) is 19.3 Å². The van der Waals surface area contributed by atoms with Crippen molar-refractivity contribution >= 4 is 30.7 Å². The molecule has 0 spiro atoms. The van der Waals surface area contributed by atoms with Crippen molar-refractivity contribution in [3.8, 4) is 0 Å². The molecule has 23 heavy (non-hydrogen) atoms. The first-order valence-corrected chi connectivity index (χ1v) is 8.33. The first kappa shape index (κ1) is 22.9. The molecule has 2 fully saturated rings. The molecule has 0 aromatic heterocycles. The second-order valence-electron chi connectivity index (χ2n) is 7.21. The lowest BCUT2D eigenvalue weighted by Crippen LogP contribution is -2.55. The quantitative estimate of drug-likeness (QED) is 0.790. The van der Waals surface area contributed by atoms with E-state index in [4.69, 9.17) is 5.73 Å². The molecule has 1 atom stereocenters. The third-order valence-electron chi connectivity index (χ3n) is 5.06. The maximum atomic E-state index is 12.5. The number of carbonyl (C=O) groups is 1. The summed E-state index contributed by atoms with van der Waals surface area (Å²) < 4.78 is 0. The van der Waals surface area contributed by atoms with Gasteiger partial charge in [-0.3, -0.25) is 4.79 Å². The highest BCUT2D eigenvalue weighted by Gasteiger charge is 2.37. The molecule has 1 aliphatic heterocycles. The van der Waals surface area contributed by atoms with Gasteiger partial charge in [0.15, 0.2) is 0 Å². The minimum Gasteiger partial charge on any atom is -0.388 e. The minimum absolute atomic E-state index is 0. The van der Waals surface area contributed by atoms with Crippen molar-refractivity contribution in [2.24, 2.45) is 11.7 Å². The fraction of sp³-hybridized carbons (Fsp3) is 0.938. The zero-order valence-corrected chi connectivity index (χ0v) is 16.0. The Morgan fingerprint density at radius 1 is 1.22 bits per heavy atom. The molecule has 1 amide bonds. The van der Waals surface area contributed by atoms with Gasteiger partial charge in [-0.2, -0.15) is 0 Å². The standard InChI is InChI=1S/C16H31N3O2.2ClH/c1-18(2)12-16(21)8-10-19(11-9-16)15(20)14(17)13-6-4-3-5-7-13;;/h13-14,21H,3-12,17H2,1-2H3;2*1H/t14-;;/m0../s1. The van der Waals surface area contributed by atoms with Crippen LogP contribution in [0.2, 0.25) is 0 Å². The van der Waals surface area contributed by atoms with Gasteiger partial charge in [0.2, 0.25) is 5.91 Å². The average Bonchev–Trinajstić information content (AvgIpc) is 2.46. The number of likely N-dealkylation sites (N-methyl/N-ethyl adjacent to an activating group) is 1. The smallest absolute Gasteiger partial charge is 0.239 e. The van der Waals surface area contributed by atoms with Gasteiger partial charge in [0.05, 0.1) is 11.6 Å². The Morgan fingerprint density at radius 2 is 1.74 bits per heavy atom. The van der Waals surface area contributed by atoms with Gasteiger partial charge < -0.3 is 20.6 Å². The Labute approximate surface area is 152 Å². The zero-order chi connectivity index (χ0) is 15.5. The van der Waals surface area contributed by atoms with Gasteiger partial charge in [-0.15, -0.1) is 24.8 Å². The molecule has 1 saturated heterocycles. The largest absolute Gasteiger partial charge is 0.388 e. The van der Waals surface area contributed by atoms with Crippen LogP contribution in [0, 0.1) is 5.92 Å². The number of piperidine rings is 1. The van der Waals surface area contributed by atoms with Crippen LogP contribution in [0.25, 0.3) is 0 Å². The molecule has 1 aliphatic carbocycles. The first-order valence-electron chi connectivity index (χ1n) is 8.33. The summed E-state index contributed by atoms with van der Waals surface area (Å²) in [5.41, 5.74) is 5.55. The lowest BCUT2D eigenvalue weighted by Gasteiger charge is -2.41. The van der Waals surface area contributed by atoms with Crippen LogP contribution in [0.5, 0.6) is 0 Å². The third kappa shape index (κ3) is 6.39. The van der Waals surface area contributed by atoms with Crippen LogP contribution in [0.1, 0.15) is 44.9 Å². The number of nitrogens with two attached hydrogens (primary N) is 1. The van der Waals surface area contributed by atoms with Crippen LogP contribution in [-0.4, -0.2) is 66.2 Å². The summed E-state index contributed by atoms with van der Waals surface area (Å²) in [5, 5.41) is 10.5. The first-order chi connectivity index (χ1) is 9.91. The van der Waals surface area contributed by atoms with Crippen LogP contribution < -0.4 is 5.73 Å². The number of carbonyl (C=O) groups excluding carboxylic acids is 1. The van der Waals surface area contributed by atoms with Crippen molar-refractivity contribution in [2.75, 3.05) is 33.7 Å². The van der Waals surface area contributed by atoms with E-state index in [9.17, 15) is 9.90 Å². The number of nitrogens with zero attached hydrogens (tertiary/aromatic N) is 2. The highest BCUT2D eigenvalue weighted by molar-refractivity contribution is 5.85. The summed E-state index contributed by atoms with van der Waals surface area (Å²) in [6, 6.07) is -0.342. The van der Waals surface area contributed by atoms with Gasteiger partial charge in [0, 0.05) is 19.6 Å². The molecule has 0 unspecified atom stereocenters. The summed E-state index contributed by atoms with van der Waals surface area (Å²) >= 11 is 0.